The van der Waals surface area contributed by atoms with Gasteiger partial charge in [0.1, 0.15) is 0 Å². The van der Waals surface area contributed by atoms with Gasteiger partial charge in [0.2, 0.25) is 0 Å². The van der Waals surface area contributed by atoms with Gasteiger partial charge in [-0.25, -0.2) is 0 Å². The Bertz CT molecular complexity index is 114. The van der Waals surface area contributed by atoms with Gasteiger partial charge >= 0.3 is 0 Å². The normalized spacial score (nSPS) is 11.5. The highest BCUT2D eigenvalue weighted by Crippen LogP contribution is 1.92. The molecule has 0 aromatic rings. The van der Waals surface area contributed by atoms with Crippen LogP contribution in [0.2, 0.25) is 0 Å². The largest absolute Gasteiger partial charge is 0.512 e. The van der Waals surface area contributed by atoms with Gasteiger partial charge in [0, 0.05) is 12.5 Å². The highest BCUT2D eigenvalue weighted by atomic mass is 16.3. The zero-order valence-electron chi connectivity index (χ0n) is 5.14. The van der Waals surface area contributed by atoms with Gasteiger partial charge in [-0.05, 0) is 6.92 Å². The van der Waals surface area contributed by atoms with E-state index in [-0.39, 0.29) is 11.5 Å². The van der Waals surface area contributed by atoms with E-state index in [2.05, 4.69) is 0 Å². The lowest BCUT2D eigenvalue weighted by Crippen LogP contribution is -1.85. The van der Waals surface area contributed by atoms with Gasteiger partial charge in [0.05, 0.1) is 5.76 Å². The maximum Gasteiger partial charge on any atom is 0.155 e. The summed E-state index contributed by atoms with van der Waals surface area (Å²) in [5.41, 5.74) is 0. The second kappa shape index (κ2) is 3.24. The average Bonchev–Trinajstić information content (AvgIpc) is 1.65. The van der Waals surface area contributed by atoms with Crippen molar-refractivity contribution in [3.05, 3.63) is 11.8 Å². The zero-order valence-corrected chi connectivity index (χ0v) is 5.14. The van der Waals surface area contributed by atoms with Crippen LogP contribution in [-0.4, -0.2) is 10.9 Å². The van der Waals surface area contributed by atoms with Crippen molar-refractivity contribution < 1.29 is 9.90 Å². The van der Waals surface area contributed by atoms with Crippen LogP contribution in [-0.2, 0) is 4.79 Å². The Morgan fingerprint density at radius 2 is 2.25 bits per heavy atom. The summed E-state index contributed by atoms with van der Waals surface area (Å²) in [4.78, 5) is 10.2. The lowest BCUT2D eigenvalue weighted by Gasteiger charge is -1.87. The maximum absolute atomic E-state index is 10.2. The van der Waals surface area contributed by atoms with Gasteiger partial charge in [-0.2, -0.15) is 0 Å². The van der Waals surface area contributed by atoms with Crippen molar-refractivity contribution in [1.82, 2.24) is 0 Å². The van der Waals surface area contributed by atoms with Crippen LogP contribution in [0.15, 0.2) is 11.8 Å². The van der Waals surface area contributed by atoms with E-state index in [4.69, 9.17) is 5.11 Å². The second-order valence-corrected chi connectivity index (χ2v) is 1.60. The van der Waals surface area contributed by atoms with Crippen LogP contribution in [0.25, 0.3) is 0 Å². The van der Waals surface area contributed by atoms with Crippen molar-refractivity contribution in [2.75, 3.05) is 0 Å². The minimum absolute atomic E-state index is 0.107. The Labute approximate surface area is 48.8 Å². The molecular weight excluding hydrogens is 104 g/mol. The second-order valence-electron chi connectivity index (χ2n) is 1.60. The van der Waals surface area contributed by atoms with Crippen molar-refractivity contribution in [3.8, 4) is 0 Å². The summed E-state index contributed by atoms with van der Waals surface area (Å²) in [5.74, 6) is 0.0434. The van der Waals surface area contributed by atoms with Gasteiger partial charge in [0.25, 0.3) is 0 Å². The number of hydrogen-bond donors (Lipinski definition) is 1. The number of carbonyl (C=O) groups excluding carboxylic acids is 1. The number of aliphatic hydroxyl groups excluding tert-OH is 1. The number of aliphatic hydroxyl groups is 1. The number of allylic oxidation sites excluding steroid dienone is 2. The molecule has 0 saturated carbocycles. The summed E-state index contributed by atoms with van der Waals surface area (Å²) in [5, 5.41) is 8.67. The first-order chi connectivity index (χ1) is 3.66. The molecule has 0 amide bonds. The van der Waals surface area contributed by atoms with Crippen molar-refractivity contribution in [1.29, 1.82) is 0 Å². The van der Waals surface area contributed by atoms with E-state index in [1.807, 2.05) is 0 Å². The monoisotopic (exact) mass is 114 g/mol. The number of carbonyl (C=O) groups is 1. The third-order valence-electron chi connectivity index (χ3n) is 0.732. The molecule has 0 bridgehead atoms. The van der Waals surface area contributed by atoms with Gasteiger partial charge in [0.15, 0.2) is 5.78 Å². The van der Waals surface area contributed by atoms with Gasteiger partial charge in [-0.3, -0.25) is 4.79 Å². The number of hydrogen-bond acceptors (Lipinski definition) is 2. The molecule has 1 N–H and O–H groups in total. The smallest absolute Gasteiger partial charge is 0.155 e. The quantitative estimate of drug-likeness (QED) is 0.435. The molecule has 0 aromatic heterocycles. The van der Waals surface area contributed by atoms with Crippen LogP contribution < -0.4 is 0 Å². The van der Waals surface area contributed by atoms with Crippen molar-refractivity contribution in [2.24, 2.45) is 0 Å². The molecule has 2 heteroatoms. The van der Waals surface area contributed by atoms with Crippen LogP contribution >= 0.6 is 0 Å². The molecule has 0 fully saturated rings. The molecule has 0 heterocycles. The maximum atomic E-state index is 10.2. The lowest BCUT2D eigenvalue weighted by atomic mass is 10.3. The van der Waals surface area contributed by atoms with E-state index in [1.165, 1.54) is 13.0 Å². The summed E-state index contributed by atoms with van der Waals surface area (Å²) < 4.78 is 0. The number of ketones is 1. The summed E-state index contributed by atoms with van der Waals surface area (Å²) in [6.07, 6.45) is 1.75. The van der Waals surface area contributed by atoms with E-state index in [0.29, 0.717) is 6.42 Å². The molecular formula is C6H10O2. The fraction of sp³-hybridized carbons (Fsp3) is 0.500. The van der Waals surface area contributed by atoms with Crippen LogP contribution in [0.4, 0.5) is 0 Å². The molecule has 0 saturated heterocycles. The van der Waals surface area contributed by atoms with Gasteiger partial charge in [-0.1, -0.05) is 6.92 Å². The predicted octanol–water partition coefficient (Wildman–Crippen LogP) is 1.43. The van der Waals surface area contributed by atoms with Crippen LogP contribution in [0.5, 0.6) is 0 Å². The summed E-state index contributed by atoms with van der Waals surface area (Å²) in [6, 6.07) is 0. The predicted molar refractivity (Wildman–Crippen MR) is 31.7 cm³/mol. The Morgan fingerprint density at radius 1 is 1.75 bits per heavy atom. The molecule has 0 aliphatic heterocycles. The average molecular weight is 114 g/mol. The van der Waals surface area contributed by atoms with Crippen LogP contribution in [0, 0.1) is 0 Å². The molecule has 0 unspecified atom stereocenters. The molecule has 0 spiro atoms. The SMILES string of the molecule is CC/C(O)=C/C(C)=O. The van der Waals surface area contributed by atoms with Crippen molar-refractivity contribution in [2.45, 2.75) is 20.3 Å². The summed E-state index contributed by atoms with van der Waals surface area (Å²) in [7, 11) is 0. The standard InChI is InChI=1S/C6H10O2/c1-3-6(8)4-5(2)7/h4,8H,3H2,1-2H3/b6-4-. The highest BCUT2D eigenvalue weighted by molar-refractivity contribution is 5.87. The fourth-order valence-corrected chi connectivity index (χ4v) is 0.337. The van der Waals surface area contributed by atoms with Crippen LogP contribution in [0.1, 0.15) is 20.3 Å². The molecule has 0 atom stereocenters. The third-order valence-corrected chi connectivity index (χ3v) is 0.732. The minimum atomic E-state index is -0.107. The zero-order chi connectivity index (χ0) is 6.57. The molecule has 46 valence electrons. The van der Waals surface area contributed by atoms with Crippen LogP contribution in [0.3, 0.4) is 0 Å². The number of rotatable bonds is 2. The molecule has 8 heavy (non-hydrogen) atoms. The summed E-state index contributed by atoms with van der Waals surface area (Å²) >= 11 is 0. The molecule has 0 rings (SSSR count). The Hall–Kier alpha value is -0.790. The first-order valence-corrected chi connectivity index (χ1v) is 2.57. The van der Waals surface area contributed by atoms with Gasteiger partial charge < -0.3 is 5.11 Å². The first-order valence-electron chi connectivity index (χ1n) is 2.57. The summed E-state index contributed by atoms with van der Waals surface area (Å²) in [6.45, 7) is 3.20. The molecule has 0 aliphatic rings. The van der Waals surface area contributed by atoms with Crippen molar-refractivity contribution in [3.63, 3.8) is 0 Å². The van der Waals surface area contributed by atoms with Crippen molar-refractivity contribution >= 4 is 5.78 Å². The van der Waals surface area contributed by atoms with Gasteiger partial charge in [-0.15, -0.1) is 0 Å². The van der Waals surface area contributed by atoms with E-state index in [1.54, 1.807) is 6.92 Å². The Morgan fingerprint density at radius 3 is 2.38 bits per heavy atom. The van der Waals surface area contributed by atoms with E-state index >= 15 is 0 Å². The lowest BCUT2D eigenvalue weighted by molar-refractivity contribution is -0.112. The molecule has 0 radical (unpaired) electrons. The van der Waals surface area contributed by atoms with E-state index in [0.717, 1.165) is 0 Å². The highest BCUT2D eigenvalue weighted by Gasteiger charge is 1.88. The first kappa shape index (κ1) is 7.21. The Balaban J connectivity index is 3.75. The molecule has 0 aliphatic carbocycles. The topological polar surface area (TPSA) is 37.3 Å². The molecule has 0 aromatic carbocycles. The third kappa shape index (κ3) is 3.40. The molecule has 2 nitrogen and oxygen atoms in total. The van der Waals surface area contributed by atoms with E-state index in [9.17, 15) is 4.79 Å². The van der Waals surface area contributed by atoms with E-state index < -0.39 is 0 Å². The Kier molecular flexibility index (Phi) is 2.92. The minimum Gasteiger partial charge on any atom is -0.512 e. The fourth-order valence-electron chi connectivity index (χ4n) is 0.337.